The SMILES string of the molecule is C.C.C.C.C.C.O.[H+].[H+].[H+].[H+]. The lowest BCUT2D eigenvalue weighted by atomic mass is 12.0. The first-order chi connectivity index (χ1) is 0. The predicted octanol–water partition coefficient (Wildman–Crippen LogP) is 3.44. The van der Waals surface area contributed by atoms with E-state index in [2.05, 4.69) is 0 Å². The van der Waals surface area contributed by atoms with E-state index >= 15 is 0 Å². The van der Waals surface area contributed by atoms with Gasteiger partial charge in [0.05, 0.1) is 0 Å². The first-order valence-corrected chi connectivity index (χ1v) is 0. The highest BCUT2D eigenvalue weighted by molar-refractivity contribution is 2.51. The van der Waals surface area contributed by atoms with E-state index in [1.54, 1.807) is 0 Å². The molecule has 56 valence electrons. The van der Waals surface area contributed by atoms with E-state index in [9.17, 15) is 0 Å². The summed E-state index contributed by atoms with van der Waals surface area (Å²) in [7, 11) is 0. The minimum absolute atomic E-state index is 0. The second-order valence-corrected chi connectivity index (χ2v) is 0. The summed E-state index contributed by atoms with van der Waals surface area (Å²) in [5.74, 6) is 0. The molecule has 1 nitrogen and oxygen atoms in total. The van der Waals surface area contributed by atoms with Crippen molar-refractivity contribution in [3.63, 3.8) is 0 Å². The second-order valence-electron chi connectivity index (χ2n) is 0. The molecule has 0 atom stereocenters. The molecule has 0 amide bonds. The van der Waals surface area contributed by atoms with Gasteiger partial charge >= 0.3 is 5.71 Å². The Morgan fingerprint density at radius 2 is 0.429 bits per heavy atom. The Kier molecular flexibility index (Phi) is 2020000000. The van der Waals surface area contributed by atoms with Gasteiger partial charge < -0.3 is 5.48 Å². The van der Waals surface area contributed by atoms with E-state index in [4.69, 9.17) is 0 Å². The molecule has 0 aliphatic carbocycles. The van der Waals surface area contributed by atoms with Gasteiger partial charge in [-0.05, 0) is 0 Å². The van der Waals surface area contributed by atoms with Crippen molar-refractivity contribution in [2.24, 2.45) is 0 Å². The Labute approximate surface area is 57.0 Å². The first kappa shape index (κ1) is 155000. The van der Waals surface area contributed by atoms with Crippen molar-refractivity contribution in [3.8, 4) is 0 Å². The van der Waals surface area contributed by atoms with E-state index in [-0.39, 0.29) is 55.7 Å². The molecule has 0 saturated heterocycles. The van der Waals surface area contributed by atoms with Crippen LogP contribution in [0.3, 0.4) is 0 Å². The van der Waals surface area contributed by atoms with Crippen molar-refractivity contribution in [2.75, 3.05) is 0 Å². The average Bonchev–Trinajstić information content (AvgIpc) is 0. The molecule has 0 aromatic carbocycles. The highest BCUT2D eigenvalue weighted by Crippen LogP contribution is 0.149. The van der Waals surface area contributed by atoms with Crippen molar-refractivity contribution in [1.29, 1.82) is 0 Å². The van der Waals surface area contributed by atoms with E-state index in [1.165, 1.54) is 0 Å². The molecule has 0 bridgehead atoms. The molecular formula is C6H30O+4. The summed E-state index contributed by atoms with van der Waals surface area (Å²) in [6, 6.07) is 0. The third-order valence-corrected chi connectivity index (χ3v) is 0. The van der Waals surface area contributed by atoms with Crippen LogP contribution in [0.1, 0.15) is 50.3 Å². The summed E-state index contributed by atoms with van der Waals surface area (Å²) in [5.41, 5.74) is 0. The molecule has 0 spiro atoms. The standard InChI is InChI=1S/6CH4.H2O/h6*1H4;1H2/p+4. The molecule has 0 aromatic heterocycles. The molecule has 0 aliphatic heterocycles. The van der Waals surface area contributed by atoms with Crippen LogP contribution >= 0.6 is 0 Å². The van der Waals surface area contributed by atoms with Crippen LogP contribution in [0.25, 0.3) is 0 Å². The zero-order valence-electron chi connectivity index (χ0n) is 4.50. The van der Waals surface area contributed by atoms with Gasteiger partial charge in [0.1, 0.15) is 0 Å². The Morgan fingerprint density at radius 3 is 0.429 bits per heavy atom. The molecule has 0 fully saturated rings. The van der Waals surface area contributed by atoms with E-state index < -0.39 is 0 Å². The van der Waals surface area contributed by atoms with Crippen LogP contribution in [0.2, 0.25) is 0 Å². The molecular weight excluding hydrogens is 88.1 g/mol. The lowest BCUT2D eigenvalue weighted by Gasteiger charge is -0.412. The van der Waals surface area contributed by atoms with E-state index in [0.29, 0.717) is 0 Å². The molecule has 0 radical (unpaired) electrons. The highest BCUT2D eigenvalue weighted by Gasteiger charge is -0.0725. The van der Waals surface area contributed by atoms with Gasteiger partial charge in [0.2, 0.25) is 0 Å². The smallest absolute Gasteiger partial charge is 0.412 e. The van der Waals surface area contributed by atoms with Gasteiger partial charge in [-0.15, -0.1) is 0 Å². The van der Waals surface area contributed by atoms with Crippen LogP contribution in [0.4, 0.5) is 0 Å². The third kappa shape index (κ3) is 58400. The summed E-state index contributed by atoms with van der Waals surface area (Å²) in [6.07, 6.45) is 0. The molecule has 1 heteroatoms. The van der Waals surface area contributed by atoms with Crippen molar-refractivity contribution in [2.45, 2.75) is 44.6 Å². The normalized spacial score (nSPS) is 0. The average molecular weight is 118 g/mol. The maximum atomic E-state index is 0. The van der Waals surface area contributed by atoms with Crippen LogP contribution in [0.5, 0.6) is 0 Å². The Hall–Kier alpha value is -0.0400. The quantitative estimate of drug-likeness (QED) is 0.466. The fraction of sp³-hybridized carbons (Fsp3) is 1.00. The van der Waals surface area contributed by atoms with Gasteiger partial charge in [0.15, 0.2) is 0 Å². The van der Waals surface area contributed by atoms with Crippen LogP contribution in [-0.4, -0.2) is 5.48 Å². The summed E-state index contributed by atoms with van der Waals surface area (Å²) in [5, 5.41) is 0. The fourth-order valence-electron chi connectivity index (χ4n) is 0. The minimum Gasteiger partial charge on any atom is -0.412 e. The van der Waals surface area contributed by atoms with Crippen molar-refractivity contribution < 1.29 is 11.2 Å². The van der Waals surface area contributed by atoms with Crippen LogP contribution in [0, 0.1) is 0 Å². The number of rotatable bonds is 0. The van der Waals surface area contributed by atoms with Crippen LogP contribution in [-0.2, 0) is 0 Å². The largest absolute Gasteiger partial charge is 1.00 e. The minimum atomic E-state index is 0. The van der Waals surface area contributed by atoms with Crippen molar-refractivity contribution in [3.05, 3.63) is 0 Å². The molecule has 0 aliphatic rings. The molecule has 0 unspecified atom stereocenters. The van der Waals surface area contributed by atoms with Gasteiger partial charge in [-0.25, -0.2) is 0 Å². The van der Waals surface area contributed by atoms with Gasteiger partial charge in [0.25, 0.3) is 0 Å². The topological polar surface area (TPSA) is 31.5 Å². The molecule has 2 N–H and O–H groups in total. The molecule has 0 saturated carbocycles. The maximum absolute atomic E-state index is 0. The van der Waals surface area contributed by atoms with Crippen molar-refractivity contribution in [1.82, 2.24) is 0 Å². The third-order valence-electron chi connectivity index (χ3n) is 0. The fourth-order valence-corrected chi connectivity index (χ4v) is 0. The first-order valence-electron chi connectivity index (χ1n) is 0. The maximum Gasteiger partial charge on any atom is 1.00 e. The summed E-state index contributed by atoms with van der Waals surface area (Å²) >= 11 is 0. The van der Waals surface area contributed by atoms with E-state index in [0.717, 1.165) is 0 Å². The van der Waals surface area contributed by atoms with Gasteiger partial charge in [-0.1, -0.05) is 44.6 Å². The lowest BCUT2D eigenvalue weighted by Crippen LogP contribution is -0.289. The van der Waals surface area contributed by atoms with E-state index in [1.807, 2.05) is 0 Å². The van der Waals surface area contributed by atoms with Gasteiger partial charge in [-0.3, -0.25) is 0 Å². The van der Waals surface area contributed by atoms with Gasteiger partial charge in [-0.2, -0.15) is 0 Å². The van der Waals surface area contributed by atoms with Crippen molar-refractivity contribution >= 4 is 0 Å². The zero-order chi connectivity index (χ0) is 0. The van der Waals surface area contributed by atoms with Crippen LogP contribution < -0.4 is 0 Å². The Morgan fingerprint density at radius 1 is 0.429 bits per heavy atom. The molecule has 7 heavy (non-hydrogen) atoms. The number of hydrogen-bond acceptors (Lipinski definition) is 0. The highest BCUT2D eigenvalue weighted by atomic mass is 16.0. The predicted molar refractivity (Wildman–Crippen MR) is 48.4 cm³/mol. The Bertz CT molecular complexity index is 14.5. The molecule has 0 heterocycles. The Balaban J connectivity index is 0. The summed E-state index contributed by atoms with van der Waals surface area (Å²) in [6.45, 7) is 0. The van der Waals surface area contributed by atoms with Gasteiger partial charge in [0, 0.05) is 0 Å². The summed E-state index contributed by atoms with van der Waals surface area (Å²) < 4.78 is 0. The van der Waals surface area contributed by atoms with Crippen LogP contribution in [0.15, 0.2) is 0 Å². The lowest BCUT2D eigenvalue weighted by molar-refractivity contribution is 0.824. The zero-order valence-corrected chi connectivity index (χ0v) is 0.500. The monoisotopic (exact) mass is 118 g/mol. The number of hydrogen-bond donors (Lipinski definition) is 0. The molecule has 0 aromatic rings. The molecule has 0 rings (SSSR count). The summed E-state index contributed by atoms with van der Waals surface area (Å²) in [4.78, 5) is 0. The second kappa shape index (κ2) is 91600.